The van der Waals surface area contributed by atoms with Crippen molar-refractivity contribution < 1.29 is 9.21 Å². The lowest BCUT2D eigenvalue weighted by molar-refractivity contribution is 0.102. The summed E-state index contributed by atoms with van der Waals surface area (Å²) in [5.74, 6) is 1.32. The SMILES string of the molecule is Cc1oc(C)c(C(=O)c2cnnn2C)c1C. The van der Waals surface area contributed by atoms with E-state index in [0.717, 1.165) is 11.3 Å². The molecule has 16 heavy (non-hydrogen) atoms. The highest BCUT2D eigenvalue weighted by atomic mass is 16.3. The minimum atomic E-state index is -0.0978. The van der Waals surface area contributed by atoms with E-state index in [9.17, 15) is 4.79 Å². The second kappa shape index (κ2) is 3.59. The number of carbonyl (C=O) groups is 1. The molecule has 2 aromatic heterocycles. The lowest BCUT2D eigenvalue weighted by Crippen LogP contribution is -2.09. The number of hydrogen-bond donors (Lipinski definition) is 0. The molecule has 0 saturated carbocycles. The predicted molar refractivity (Wildman–Crippen MR) is 57.4 cm³/mol. The van der Waals surface area contributed by atoms with E-state index in [1.54, 1.807) is 14.0 Å². The highest BCUT2D eigenvalue weighted by molar-refractivity contribution is 6.09. The minimum Gasteiger partial charge on any atom is -0.466 e. The summed E-state index contributed by atoms with van der Waals surface area (Å²) in [6.07, 6.45) is 1.46. The Morgan fingerprint density at radius 1 is 1.31 bits per heavy atom. The predicted octanol–water partition coefficient (Wildman–Crippen LogP) is 1.56. The quantitative estimate of drug-likeness (QED) is 0.719. The van der Waals surface area contributed by atoms with Gasteiger partial charge in [0.15, 0.2) is 0 Å². The Kier molecular flexibility index (Phi) is 2.38. The number of aromatic nitrogens is 3. The van der Waals surface area contributed by atoms with Crippen LogP contribution in [0, 0.1) is 20.8 Å². The lowest BCUT2D eigenvalue weighted by atomic mass is 10.0. The van der Waals surface area contributed by atoms with Gasteiger partial charge in [-0.15, -0.1) is 5.10 Å². The van der Waals surface area contributed by atoms with Crippen LogP contribution in [0.1, 0.15) is 33.1 Å². The van der Waals surface area contributed by atoms with E-state index in [0.29, 0.717) is 17.0 Å². The van der Waals surface area contributed by atoms with Crippen LogP contribution >= 0.6 is 0 Å². The molecule has 0 fully saturated rings. The summed E-state index contributed by atoms with van der Waals surface area (Å²) >= 11 is 0. The fraction of sp³-hybridized carbons (Fsp3) is 0.364. The van der Waals surface area contributed by atoms with E-state index < -0.39 is 0 Å². The third-order valence-corrected chi connectivity index (χ3v) is 2.74. The zero-order valence-corrected chi connectivity index (χ0v) is 9.74. The summed E-state index contributed by atoms with van der Waals surface area (Å²) in [7, 11) is 1.69. The first kappa shape index (κ1) is 10.6. The van der Waals surface area contributed by atoms with Crippen molar-refractivity contribution >= 4 is 5.78 Å². The van der Waals surface area contributed by atoms with Crippen molar-refractivity contribution in [1.29, 1.82) is 0 Å². The number of aryl methyl sites for hydroxylation is 3. The van der Waals surface area contributed by atoms with Crippen molar-refractivity contribution in [2.45, 2.75) is 20.8 Å². The van der Waals surface area contributed by atoms with Crippen LogP contribution in [0.2, 0.25) is 0 Å². The average Bonchev–Trinajstić information content (AvgIpc) is 2.73. The zero-order chi connectivity index (χ0) is 11.9. The molecule has 0 aliphatic rings. The molecule has 0 atom stereocenters. The first-order chi connectivity index (χ1) is 7.52. The van der Waals surface area contributed by atoms with Crippen molar-refractivity contribution in [3.63, 3.8) is 0 Å². The van der Waals surface area contributed by atoms with Crippen LogP contribution in [0.4, 0.5) is 0 Å². The molecule has 0 aliphatic heterocycles. The summed E-state index contributed by atoms with van der Waals surface area (Å²) in [4.78, 5) is 12.2. The number of hydrogen-bond acceptors (Lipinski definition) is 4. The lowest BCUT2D eigenvalue weighted by Gasteiger charge is -2.00. The van der Waals surface area contributed by atoms with Gasteiger partial charge in [0, 0.05) is 12.6 Å². The van der Waals surface area contributed by atoms with Gasteiger partial charge in [0.2, 0.25) is 5.78 Å². The van der Waals surface area contributed by atoms with Gasteiger partial charge in [-0.3, -0.25) is 4.79 Å². The van der Waals surface area contributed by atoms with Gasteiger partial charge in [0.05, 0.1) is 11.8 Å². The molecule has 5 heteroatoms. The molecule has 0 saturated heterocycles. The van der Waals surface area contributed by atoms with Gasteiger partial charge in [-0.05, 0) is 20.8 Å². The first-order valence-electron chi connectivity index (χ1n) is 4.98. The largest absolute Gasteiger partial charge is 0.466 e. The summed E-state index contributed by atoms with van der Waals surface area (Å²) in [6.45, 7) is 5.51. The molecule has 0 N–H and O–H groups in total. The molecule has 0 unspecified atom stereocenters. The monoisotopic (exact) mass is 219 g/mol. The van der Waals surface area contributed by atoms with E-state index >= 15 is 0 Å². The van der Waals surface area contributed by atoms with Crippen LogP contribution in [0.15, 0.2) is 10.6 Å². The smallest absolute Gasteiger partial charge is 0.216 e. The molecule has 2 heterocycles. The Hall–Kier alpha value is -1.91. The second-order valence-corrected chi connectivity index (χ2v) is 3.79. The van der Waals surface area contributed by atoms with Crippen LogP contribution < -0.4 is 0 Å². The zero-order valence-electron chi connectivity index (χ0n) is 9.74. The number of rotatable bonds is 2. The third kappa shape index (κ3) is 1.44. The normalized spacial score (nSPS) is 10.8. The fourth-order valence-electron chi connectivity index (χ4n) is 1.75. The van der Waals surface area contributed by atoms with E-state index in [2.05, 4.69) is 10.3 Å². The van der Waals surface area contributed by atoms with E-state index in [-0.39, 0.29) is 5.78 Å². The Morgan fingerprint density at radius 3 is 2.44 bits per heavy atom. The Balaban J connectivity index is 2.54. The molecule has 0 radical (unpaired) electrons. The summed E-state index contributed by atoms with van der Waals surface area (Å²) in [6, 6.07) is 0. The van der Waals surface area contributed by atoms with Gasteiger partial charge in [-0.25, -0.2) is 4.68 Å². The van der Waals surface area contributed by atoms with E-state index in [1.165, 1.54) is 10.9 Å². The number of carbonyl (C=O) groups excluding carboxylic acids is 1. The molecule has 0 spiro atoms. The van der Waals surface area contributed by atoms with Gasteiger partial charge < -0.3 is 4.42 Å². The van der Waals surface area contributed by atoms with Crippen LogP contribution in [-0.4, -0.2) is 20.8 Å². The molecule has 0 aliphatic carbocycles. The molecule has 0 aromatic carbocycles. The van der Waals surface area contributed by atoms with Crippen molar-refractivity contribution in [3.8, 4) is 0 Å². The van der Waals surface area contributed by atoms with Crippen molar-refractivity contribution in [1.82, 2.24) is 15.0 Å². The molecular weight excluding hydrogens is 206 g/mol. The van der Waals surface area contributed by atoms with Crippen molar-refractivity contribution in [2.75, 3.05) is 0 Å². The maximum absolute atomic E-state index is 12.2. The van der Waals surface area contributed by atoms with Gasteiger partial charge in [0.25, 0.3) is 0 Å². The summed E-state index contributed by atoms with van der Waals surface area (Å²) < 4.78 is 6.90. The Labute approximate surface area is 93.1 Å². The maximum Gasteiger partial charge on any atom is 0.216 e. The summed E-state index contributed by atoms with van der Waals surface area (Å²) in [5, 5.41) is 7.44. The van der Waals surface area contributed by atoms with Crippen molar-refractivity contribution in [2.24, 2.45) is 7.05 Å². The first-order valence-corrected chi connectivity index (χ1v) is 4.98. The molecule has 0 amide bonds. The third-order valence-electron chi connectivity index (χ3n) is 2.74. The molecule has 5 nitrogen and oxygen atoms in total. The van der Waals surface area contributed by atoms with Crippen LogP contribution in [0.5, 0.6) is 0 Å². The van der Waals surface area contributed by atoms with Crippen LogP contribution in [0.3, 0.4) is 0 Å². The van der Waals surface area contributed by atoms with Crippen LogP contribution in [-0.2, 0) is 7.05 Å². The highest BCUT2D eigenvalue weighted by Crippen LogP contribution is 2.23. The van der Waals surface area contributed by atoms with Crippen molar-refractivity contribution in [3.05, 3.63) is 34.5 Å². The highest BCUT2D eigenvalue weighted by Gasteiger charge is 2.22. The standard InChI is InChI=1S/C11H13N3O2/c1-6-7(2)16-8(3)10(6)11(15)9-5-12-13-14(9)4/h5H,1-4H3. The molecular formula is C11H13N3O2. The number of furan rings is 1. The molecule has 84 valence electrons. The van der Waals surface area contributed by atoms with Gasteiger partial charge >= 0.3 is 0 Å². The van der Waals surface area contributed by atoms with E-state index in [1.807, 2.05) is 13.8 Å². The average molecular weight is 219 g/mol. The minimum absolute atomic E-state index is 0.0978. The van der Waals surface area contributed by atoms with E-state index in [4.69, 9.17) is 4.42 Å². The fourth-order valence-corrected chi connectivity index (χ4v) is 1.75. The molecule has 2 aromatic rings. The molecule has 0 bridgehead atoms. The number of nitrogens with zero attached hydrogens (tertiary/aromatic N) is 3. The van der Waals surface area contributed by atoms with Gasteiger partial charge in [-0.2, -0.15) is 0 Å². The molecule has 2 rings (SSSR count). The van der Waals surface area contributed by atoms with Gasteiger partial charge in [-0.1, -0.05) is 5.21 Å². The van der Waals surface area contributed by atoms with Gasteiger partial charge in [0.1, 0.15) is 17.2 Å². The van der Waals surface area contributed by atoms with Crippen LogP contribution in [0.25, 0.3) is 0 Å². The summed E-state index contributed by atoms with van der Waals surface area (Å²) in [5.41, 5.74) is 1.96. The topological polar surface area (TPSA) is 60.9 Å². The Morgan fingerprint density at radius 2 is 2.00 bits per heavy atom. The second-order valence-electron chi connectivity index (χ2n) is 3.79. The Bertz CT molecular complexity index is 552. The number of ketones is 1. The maximum atomic E-state index is 12.2.